The van der Waals surface area contributed by atoms with Crippen LogP contribution in [0, 0.1) is 6.92 Å². The van der Waals surface area contributed by atoms with Gasteiger partial charge in [0.05, 0.1) is 5.41 Å². The second kappa shape index (κ2) is 16.7. The molecular formula is C60H44N4. The largest absolute Gasteiger partial charge is 0.264 e. The maximum absolute atomic E-state index is 5.43. The first-order valence-electron chi connectivity index (χ1n) is 22.0. The maximum Gasteiger partial charge on any atom is 0.164 e. The third kappa shape index (κ3) is 7.00. The number of hydrogen-bond donors (Lipinski definition) is 0. The molecule has 11 rings (SSSR count). The summed E-state index contributed by atoms with van der Waals surface area (Å²) in [5.41, 5.74) is 17.9. The Balaban J connectivity index is 1.16. The molecule has 0 saturated heterocycles. The fraction of sp³-hybridized carbons (Fsp3) is 0.0667. The maximum atomic E-state index is 5.43. The van der Waals surface area contributed by atoms with Gasteiger partial charge in [0.25, 0.3) is 0 Å². The Kier molecular flexibility index (Phi) is 10.1. The highest BCUT2D eigenvalue weighted by molar-refractivity contribution is 5.89. The van der Waals surface area contributed by atoms with E-state index in [-0.39, 0.29) is 0 Å². The van der Waals surface area contributed by atoms with Crippen LogP contribution in [0.15, 0.2) is 225 Å². The van der Waals surface area contributed by atoms with Gasteiger partial charge in [0.1, 0.15) is 0 Å². The van der Waals surface area contributed by atoms with Gasteiger partial charge >= 0.3 is 0 Å². The Bertz CT molecular complexity index is 3230. The van der Waals surface area contributed by atoms with Gasteiger partial charge in [-0.3, -0.25) is 4.98 Å². The van der Waals surface area contributed by atoms with Gasteiger partial charge in [-0.05, 0) is 105 Å². The second-order valence-corrected chi connectivity index (χ2v) is 16.6. The lowest BCUT2D eigenvalue weighted by atomic mass is 9.67. The van der Waals surface area contributed by atoms with Crippen LogP contribution in [-0.4, -0.2) is 19.9 Å². The van der Waals surface area contributed by atoms with Gasteiger partial charge in [-0.1, -0.05) is 194 Å². The van der Waals surface area contributed by atoms with Crippen molar-refractivity contribution < 1.29 is 0 Å². The van der Waals surface area contributed by atoms with E-state index in [1.807, 2.05) is 36.7 Å². The van der Waals surface area contributed by atoms with E-state index in [2.05, 4.69) is 200 Å². The van der Waals surface area contributed by atoms with Crippen molar-refractivity contribution in [1.29, 1.82) is 0 Å². The van der Waals surface area contributed by atoms with Gasteiger partial charge in [-0.15, -0.1) is 0 Å². The number of pyridine rings is 1. The van der Waals surface area contributed by atoms with Gasteiger partial charge in [0, 0.05) is 34.6 Å². The Morgan fingerprint density at radius 1 is 0.344 bits per heavy atom. The minimum atomic E-state index is -0.551. The van der Waals surface area contributed by atoms with Crippen LogP contribution in [0.1, 0.15) is 38.9 Å². The summed E-state index contributed by atoms with van der Waals surface area (Å²) < 4.78 is 0. The van der Waals surface area contributed by atoms with Gasteiger partial charge in [0.2, 0.25) is 0 Å². The van der Waals surface area contributed by atoms with Crippen molar-refractivity contribution >= 4 is 0 Å². The molecule has 10 aromatic rings. The molecule has 0 saturated carbocycles. The summed E-state index contributed by atoms with van der Waals surface area (Å²) in [4.78, 5) is 20.6. The van der Waals surface area contributed by atoms with Crippen molar-refractivity contribution in [3.63, 3.8) is 0 Å². The molecule has 2 heterocycles. The number of fused-ring (bicyclic) bond motifs is 3. The third-order valence-electron chi connectivity index (χ3n) is 12.7. The Hall–Kier alpha value is -8.08. The smallest absolute Gasteiger partial charge is 0.164 e. The predicted molar refractivity (Wildman–Crippen MR) is 261 cm³/mol. The highest BCUT2D eigenvalue weighted by atomic mass is 15.0. The van der Waals surface area contributed by atoms with Crippen molar-refractivity contribution in [3.8, 4) is 67.5 Å². The number of aromatic nitrogens is 4. The molecule has 0 bridgehead atoms. The lowest BCUT2D eigenvalue weighted by molar-refractivity contribution is 0.765. The highest BCUT2D eigenvalue weighted by Gasteiger charge is 2.46. The van der Waals surface area contributed by atoms with E-state index in [4.69, 9.17) is 15.0 Å². The number of benzene rings is 8. The van der Waals surface area contributed by atoms with E-state index >= 15 is 0 Å². The van der Waals surface area contributed by atoms with Gasteiger partial charge in [-0.2, -0.15) is 0 Å². The van der Waals surface area contributed by atoms with Crippen LogP contribution in [0.5, 0.6) is 0 Å². The second-order valence-electron chi connectivity index (χ2n) is 16.6. The monoisotopic (exact) mass is 820 g/mol. The normalized spacial score (nSPS) is 12.4. The van der Waals surface area contributed by atoms with E-state index in [1.54, 1.807) is 0 Å². The van der Waals surface area contributed by atoms with Crippen LogP contribution in [0.3, 0.4) is 0 Å². The molecule has 304 valence electrons. The van der Waals surface area contributed by atoms with Crippen LogP contribution in [-0.2, 0) is 18.3 Å². The summed E-state index contributed by atoms with van der Waals surface area (Å²) in [6.07, 6.45) is 5.44. The molecule has 0 spiro atoms. The molecule has 0 radical (unpaired) electrons. The Morgan fingerprint density at radius 2 is 0.891 bits per heavy atom. The Labute approximate surface area is 374 Å². The molecule has 0 fully saturated rings. The molecule has 8 aromatic carbocycles. The van der Waals surface area contributed by atoms with E-state index in [0.29, 0.717) is 17.5 Å². The van der Waals surface area contributed by atoms with Crippen LogP contribution in [0.25, 0.3) is 67.5 Å². The summed E-state index contributed by atoms with van der Waals surface area (Å²) in [7, 11) is 0. The summed E-state index contributed by atoms with van der Waals surface area (Å²) in [6, 6.07) is 76.0. The standard InChI is InChI=1S/C60H44N4/c1-41-35-48(40-61-39-41)51-30-15-14-21-43(51)33-34-46-37-56-54(52-31-16-17-32-55(52)60(56,49-26-10-4-11-27-49)50-28-12-5-13-29-50)38-53(46)59-63-57(44-22-8-3-9-23-44)62-58(64-59)47-25-18-24-45(36-47)42-19-6-2-7-20-42/h2-32,35-40H,33-34H2,1H3. The molecular weight excluding hydrogens is 777 g/mol. The molecule has 64 heavy (non-hydrogen) atoms. The van der Waals surface area contributed by atoms with Gasteiger partial charge in [0.15, 0.2) is 17.5 Å². The Morgan fingerprint density at radius 3 is 1.59 bits per heavy atom. The molecule has 0 unspecified atom stereocenters. The van der Waals surface area contributed by atoms with Crippen LogP contribution in [0.2, 0.25) is 0 Å². The molecule has 4 nitrogen and oxygen atoms in total. The zero-order chi connectivity index (χ0) is 42.9. The van der Waals surface area contributed by atoms with Crippen molar-refractivity contribution in [1.82, 2.24) is 19.9 Å². The van der Waals surface area contributed by atoms with Crippen molar-refractivity contribution in [2.75, 3.05) is 0 Å². The molecule has 2 aromatic heterocycles. The molecule has 4 heteroatoms. The van der Waals surface area contributed by atoms with E-state index in [0.717, 1.165) is 51.8 Å². The van der Waals surface area contributed by atoms with Crippen molar-refractivity contribution in [2.45, 2.75) is 25.2 Å². The zero-order valence-electron chi connectivity index (χ0n) is 35.6. The fourth-order valence-corrected chi connectivity index (χ4v) is 9.75. The highest BCUT2D eigenvalue weighted by Crippen LogP contribution is 2.57. The number of hydrogen-bond acceptors (Lipinski definition) is 4. The number of rotatable bonds is 10. The minimum absolute atomic E-state index is 0.551. The van der Waals surface area contributed by atoms with Crippen LogP contribution < -0.4 is 0 Å². The SMILES string of the molecule is Cc1cncc(-c2ccccc2CCc2cc3c(cc2-c2nc(-c4ccccc4)nc(-c4cccc(-c5ccccc5)c4)n2)-c2ccccc2C3(c2ccccc2)c2ccccc2)c1. The first-order chi connectivity index (χ1) is 31.6. The van der Waals surface area contributed by atoms with Crippen molar-refractivity contribution in [3.05, 3.63) is 264 Å². The molecule has 0 atom stereocenters. The minimum Gasteiger partial charge on any atom is -0.264 e. The van der Waals surface area contributed by atoms with Crippen LogP contribution in [0.4, 0.5) is 0 Å². The molecule has 0 N–H and O–H groups in total. The average Bonchev–Trinajstić information content (AvgIpc) is 3.66. The van der Waals surface area contributed by atoms with E-state index < -0.39 is 5.41 Å². The quantitative estimate of drug-likeness (QED) is 0.138. The number of nitrogens with zero attached hydrogens (tertiary/aromatic N) is 4. The van der Waals surface area contributed by atoms with E-state index in [9.17, 15) is 0 Å². The summed E-state index contributed by atoms with van der Waals surface area (Å²) in [5.74, 6) is 1.92. The first kappa shape index (κ1) is 38.8. The summed E-state index contributed by atoms with van der Waals surface area (Å²) >= 11 is 0. The van der Waals surface area contributed by atoms with E-state index in [1.165, 1.54) is 50.1 Å². The fourth-order valence-electron chi connectivity index (χ4n) is 9.75. The molecule has 0 amide bonds. The summed E-state index contributed by atoms with van der Waals surface area (Å²) in [6.45, 7) is 2.10. The third-order valence-corrected chi connectivity index (χ3v) is 12.7. The lowest BCUT2D eigenvalue weighted by Gasteiger charge is -2.34. The van der Waals surface area contributed by atoms with Crippen LogP contribution >= 0.6 is 0 Å². The van der Waals surface area contributed by atoms with Crippen molar-refractivity contribution in [2.24, 2.45) is 0 Å². The topological polar surface area (TPSA) is 51.6 Å². The first-order valence-corrected chi connectivity index (χ1v) is 22.0. The summed E-state index contributed by atoms with van der Waals surface area (Å²) in [5, 5.41) is 0. The average molecular weight is 821 g/mol. The molecule has 0 aliphatic heterocycles. The zero-order valence-corrected chi connectivity index (χ0v) is 35.6. The van der Waals surface area contributed by atoms with Gasteiger partial charge in [-0.25, -0.2) is 15.0 Å². The molecule has 1 aliphatic rings. The predicted octanol–water partition coefficient (Wildman–Crippen LogP) is 14.1. The number of aryl methyl sites for hydroxylation is 3. The molecule has 1 aliphatic carbocycles. The lowest BCUT2D eigenvalue weighted by Crippen LogP contribution is -2.28. The van der Waals surface area contributed by atoms with Gasteiger partial charge < -0.3 is 0 Å².